The van der Waals surface area contributed by atoms with Crippen molar-refractivity contribution >= 4 is 16.8 Å². The zero-order valence-corrected chi connectivity index (χ0v) is 8.07. The Hall–Kier alpha value is -0.180. The lowest BCUT2D eigenvalue weighted by atomic mass is 9.89. The fourth-order valence-corrected chi connectivity index (χ4v) is 2.21. The van der Waals surface area contributed by atoms with E-state index in [1.165, 1.54) is 0 Å². The van der Waals surface area contributed by atoms with Gasteiger partial charge in [0.2, 0.25) is 11.7 Å². The zero-order chi connectivity index (χ0) is 9.84. The molecule has 1 fully saturated rings. The Bertz CT molecular complexity index is 178. The van der Waals surface area contributed by atoms with Gasteiger partial charge in [0.15, 0.2) is 0 Å². The summed E-state index contributed by atoms with van der Waals surface area (Å²) in [5.41, 5.74) is 0. The van der Waals surface area contributed by atoms with E-state index in [-0.39, 0.29) is 12.3 Å². The Morgan fingerprint density at radius 3 is 2.31 bits per heavy atom. The molecule has 0 aromatic carbocycles. The lowest BCUT2D eigenvalue weighted by Gasteiger charge is -2.20. The van der Waals surface area contributed by atoms with Gasteiger partial charge in [0.05, 0.1) is 0 Å². The summed E-state index contributed by atoms with van der Waals surface area (Å²) in [6.45, 7) is 0. The van der Waals surface area contributed by atoms with Gasteiger partial charge in [0.1, 0.15) is 0 Å². The van der Waals surface area contributed by atoms with Crippen LogP contribution < -0.4 is 0 Å². The van der Waals surface area contributed by atoms with E-state index < -0.39 is 17.6 Å². The van der Waals surface area contributed by atoms with Gasteiger partial charge in [-0.1, -0.05) is 12.8 Å². The number of rotatable bonds is 4. The van der Waals surface area contributed by atoms with Crippen LogP contribution in [0.3, 0.4) is 0 Å². The number of carbonyl (C=O) groups is 1. The van der Waals surface area contributed by atoms with E-state index in [1.807, 2.05) is 0 Å². The van der Waals surface area contributed by atoms with E-state index in [1.54, 1.807) is 0 Å². The number of carbonyl (C=O) groups excluding carboxylic acids is 1. The molecule has 1 aliphatic carbocycles. The molecule has 0 bridgehead atoms. The van der Waals surface area contributed by atoms with Crippen LogP contribution in [0.2, 0.25) is 0 Å². The molecule has 0 spiro atoms. The molecule has 0 radical (unpaired) electrons. The van der Waals surface area contributed by atoms with E-state index in [0.717, 1.165) is 25.7 Å². The van der Waals surface area contributed by atoms with Crippen LogP contribution >= 0.6 is 11.6 Å². The van der Waals surface area contributed by atoms with Crippen molar-refractivity contribution in [2.45, 2.75) is 38.5 Å². The molecule has 1 saturated carbocycles. The lowest BCUT2D eigenvalue weighted by Crippen LogP contribution is -2.22. The number of hydrogen-bond donors (Lipinski definition) is 0. The minimum absolute atomic E-state index is 0.00250. The van der Waals surface area contributed by atoms with E-state index in [4.69, 9.17) is 11.6 Å². The van der Waals surface area contributed by atoms with Crippen LogP contribution in [-0.4, -0.2) is 11.7 Å². The minimum Gasteiger partial charge on any atom is -0.281 e. The second-order valence-electron chi connectivity index (χ2n) is 3.60. The van der Waals surface area contributed by atoms with Gasteiger partial charge >= 0.3 is 0 Å². The average molecular weight is 211 g/mol. The SMILES string of the molecule is O=C(Cl)CC(C(F)F)C1CCCC1. The van der Waals surface area contributed by atoms with Crippen molar-refractivity contribution in [2.75, 3.05) is 0 Å². The number of halogens is 3. The quantitative estimate of drug-likeness (QED) is 0.652. The summed E-state index contributed by atoms with van der Waals surface area (Å²) in [7, 11) is 0. The van der Waals surface area contributed by atoms with Gasteiger partial charge in [0, 0.05) is 12.3 Å². The standard InChI is InChI=1S/C9H13ClF2O/c10-8(13)5-7(9(11)12)6-3-1-2-4-6/h6-7,9H,1-5H2. The molecule has 0 saturated heterocycles. The summed E-state index contributed by atoms with van der Waals surface area (Å²) in [5.74, 6) is -0.810. The molecule has 76 valence electrons. The Labute approximate surface area is 81.4 Å². The molecule has 0 aliphatic heterocycles. The maximum atomic E-state index is 12.5. The Balaban J connectivity index is 2.50. The molecule has 1 nitrogen and oxygen atoms in total. The molecule has 0 heterocycles. The predicted octanol–water partition coefficient (Wildman–Crippen LogP) is 3.21. The van der Waals surface area contributed by atoms with Gasteiger partial charge in [-0.15, -0.1) is 0 Å². The van der Waals surface area contributed by atoms with Gasteiger partial charge in [-0.25, -0.2) is 8.78 Å². The van der Waals surface area contributed by atoms with Crippen molar-refractivity contribution in [3.63, 3.8) is 0 Å². The molecular weight excluding hydrogens is 198 g/mol. The summed E-state index contributed by atoms with van der Waals surface area (Å²) in [4.78, 5) is 10.5. The molecular formula is C9H13ClF2O. The summed E-state index contributed by atoms with van der Waals surface area (Å²) < 4.78 is 25.0. The van der Waals surface area contributed by atoms with Crippen LogP contribution in [0.25, 0.3) is 0 Å². The van der Waals surface area contributed by atoms with E-state index in [2.05, 4.69) is 0 Å². The van der Waals surface area contributed by atoms with Gasteiger partial charge in [0.25, 0.3) is 0 Å². The molecule has 0 amide bonds. The van der Waals surface area contributed by atoms with E-state index >= 15 is 0 Å². The van der Waals surface area contributed by atoms with Crippen LogP contribution in [0.15, 0.2) is 0 Å². The third-order valence-electron chi connectivity index (χ3n) is 2.73. The second-order valence-corrected chi connectivity index (χ2v) is 4.02. The maximum absolute atomic E-state index is 12.5. The van der Waals surface area contributed by atoms with Crippen LogP contribution in [0.4, 0.5) is 8.78 Å². The molecule has 1 atom stereocenters. The Kier molecular flexibility index (Phi) is 4.10. The number of alkyl halides is 2. The Morgan fingerprint density at radius 1 is 1.38 bits per heavy atom. The highest BCUT2D eigenvalue weighted by molar-refractivity contribution is 6.63. The monoisotopic (exact) mass is 210 g/mol. The van der Waals surface area contributed by atoms with Gasteiger partial charge in [-0.3, -0.25) is 4.79 Å². The fourth-order valence-electron chi connectivity index (χ4n) is 2.03. The minimum atomic E-state index is -2.41. The van der Waals surface area contributed by atoms with Crippen molar-refractivity contribution in [3.05, 3.63) is 0 Å². The number of hydrogen-bond acceptors (Lipinski definition) is 1. The van der Waals surface area contributed by atoms with Crippen LogP contribution in [0.1, 0.15) is 32.1 Å². The highest BCUT2D eigenvalue weighted by Crippen LogP contribution is 2.36. The molecule has 4 heteroatoms. The normalized spacial score (nSPS) is 20.9. The summed E-state index contributed by atoms with van der Waals surface area (Å²) >= 11 is 5.12. The summed E-state index contributed by atoms with van der Waals surface area (Å²) in [6, 6.07) is 0. The van der Waals surface area contributed by atoms with Crippen molar-refractivity contribution in [1.29, 1.82) is 0 Å². The lowest BCUT2D eigenvalue weighted by molar-refractivity contribution is -0.114. The summed E-state index contributed by atoms with van der Waals surface area (Å²) in [6.07, 6.45) is 1.06. The predicted molar refractivity (Wildman–Crippen MR) is 46.9 cm³/mol. The first-order valence-electron chi connectivity index (χ1n) is 4.57. The maximum Gasteiger partial charge on any atom is 0.242 e. The molecule has 0 aromatic rings. The van der Waals surface area contributed by atoms with Crippen molar-refractivity contribution in [1.82, 2.24) is 0 Å². The largest absolute Gasteiger partial charge is 0.281 e. The van der Waals surface area contributed by atoms with Crippen LogP contribution in [0, 0.1) is 11.8 Å². The summed E-state index contributed by atoms with van der Waals surface area (Å²) in [5, 5.41) is -0.641. The van der Waals surface area contributed by atoms with E-state index in [9.17, 15) is 13.6 Å². The van der Waals surface area contributed by atoms with Crippen molar-refractivity contribution < 1.29 is 13.6 Å². The van der Waals surface area contributed by atoms with Crippen molar-refractivity contribution in [2.24, 2.45) is 11.8 Å². The first-order chi connectivity index (χ1) is 6.11. The third-order valence-corrected chi connectivity index (χ3v) is 2.88. The molecule has 13 heavy (non-hydrogen) atoms. The first-order valence-corrected chi connectivity index (χ1v) is 4.95. The highest BCUT2D eigenvalue weighted by Gasteiger charge is 2.32. The molecule has 0 aromatic heterocycles. The van der Waals surface area contributed by atoms with Crippen LogP contribution in [-0.2, 0) is 4.79 Å². The molecule has 1 unspecified atom stereocenters. The first kappa shape index (κ1) is 10.9. The molecule has 1 aliphatic rings. The van der Waals surface area contributed by atoms with Gasteiger partial charge in [-0.2, -0.15) is 0 Å². The Morgan fingerprint density at radius 2 is 1.92 bits per heavy atom. The van der Waals surface area contributed by atoms with Crippen LogP contribution in [0.5, 0.6) is 0 Å². The van der Waals surface area contributed by atoms with Crippen molar-refractivity contribution in [3.8, 4) is 0 Å². The average Bonchev–Trinajstić information content (AvgIpc) is 2.50. The topological polar surface area (TPSA) is 17.1 Å². The van der Waals surface area contributed by atoms with E-state index in [0.29, 0.717) is 0 Å². The molecule has 1 rings (SSSR count). The van der Waals surface area contributed by atoms with Gasteiger partial charge in [-0.05, 0) is 30.4 Å². The third kappa shape index (κ3) is 3.22. The van der Waals surface area contributed by atoms with Gasteiger partial charge < -0.3 is 0 Å². The zero-order valence-electron chi connectivity index (χ0n) is 7.31. The smallest absolute Gasteiger partial charge is 0.242 e. The fraction of sp³-hybridized carbons (Fsp3) is 0.889. The highest BCUT2D eigenvalue weighted by atomic mass is 35.5. The second kappa shape index (κ2) is 4.89. The molecule has 0 N–H and O–H groups in total.